The van der Waals surface area contributed by atoms with E-state index in [1.165, 1.54) is 22.2 Å². The minimum atomic E-state index is 0.427. The fraction of sp³-hybridized carbons (Fsp3) is 0.400. The number of H-pyrrole nitrogens is 1. The molecule has 3 aromatic rings. The van der Waals surface area contributed by atoms with Crippen LogP contribution in [0.25, 0.3) is 10.9 Å². The van der Waals surface area contributed by atoms with Crippen molar-refractivity contribution in [1.29, 1.82) is 0 Å². The molecule has 0 spiro atoms. The van der Waals surface area contributed by atoms with Gasteiger partial charge in [-0.3, -0.25) is 0 Å². The van der Waals surface area contributed by atoms with Gasteiger partial charge in [-0.05, 0) is 45.7 Å². The SMILES string of the molecule is CCNC(=NCc1nc(C)c(C)o1)NCCc1c(C)[nH]c2ccccc12. The minimum Gasteiger partial charge on any atom is -0.444 e. The number of hydrogen-bond donors (Lipinski definition) is 3. The van der Waals surface area contributed by atoms with Gasteiger partial charge in [-0.2, -0.15) is 0 Å². The van der Waals surface area contributed by atoms with E-state index in [1.807, 2.05) is 13.8 Å². The molecule has 0 fully saturated rings. The van der Waals surface area contributed by atoms with E-state index in [2.05, 4.69) is 63.7 Å². The zero-order valence-corrected chi connectivity index (χ0v) is 15.9. The molecule has 26 heavy (non-hydrogen) atoms. The topological polar surface area (TPSA) is 78.2 Å². The standard InChI is InChI=1S/C20H27N5O/c1-5-21-20(23-12-19-25-13(2)15(4)26-19)22-11-10-16-14(3)24-18-9-7-6-8-17(16)18/h6-9,24H,5,10-12H2,1-4H3,(H2,21,22,23). The van der Waals surface area contributed by atoms with E-state index in [4.69, 9.17) is 4.42 Å². The zero-order valence-electron chi connectivity index (χ0n) is 15.9. The molecule has 0 aliphatic heterocycles. The van der Waals surface area contributed by atoms with Gasteiger partial charge in [-0.25, -0.2) is 9.98 Å². The van der Waals surface area contributed by atoms with Crippen LogP contribution in [0, 0.1) is 20.8 Å². The van der Waals surface area contributed by atoms with Crippen LogP contribution in [-0.2, 0) is 13.0 Å². The van der Waals surface area contributed by atoms with Gasteiger partial charge in [0.2, 0.25) is 5.89 Å². The fourth-order valence-electron chi connectivity index (χ4n) is 3.06. The molecule has 6 nitrogen and oxygen atoms in total. The molecule has 3 rings (SSSR count). The van der Waals surface area contributed by atoms with Gasteiger partial charge in [-0.1, -0.05) is 18.2 Å². The summed E-state index contributed by atoms with van der Waals surface area (Å²) in [6.07, 6.45) is 0.928. The third-order valence-corrected chi connectivity index (χ3v) is 4.48. The van der Waals surface area contributed by atoms with Gasteiger partial charge < -0.3 is 20.0 Å². The molecule has 0 unspecified atom stereocenters. The van der Waals surface area contributed by atoms with Crippen molar-refractivity contribution < 1.29 is 4.42 Å². The molecule has 1 aromatic carbocycles. The number of fused-ring (bicyclic) bond motifs is 1. The normalized spacial score (nSPS) is 11.9. The highest BCUT2D eigenvalue weighted by atomic mass is 16.4. The van der Waals surface area contributed by atoms with Crippen molar-refractivity contribution in [3.05, 3.63) is 52.9 Å². The average Bonchev–Trinajstić information content (AvgIpc) is 3.11. The third kappa shape index (κ3) is 4.07. The zero-order chi connectivity index (χ0) is 18.5. The maximum Gasteiger partial charge on any atom is 0.216 e. The van der Waals surface area contributed by atoms with Gasteiger partial charge in [0.1, 0.15) is 12.3 Å². The summed E-state index contributed by atoms with van der Waals surface area (Å²) in [5.41, 5.74) is 4.68. The van der Waals surface area contributed by atoms with Crippen LogP contribution in [0.4, 0.5) is 0 Å². The Kier molecular flexibility index (Phi) is 5.61. The second-order valence-corrected chi connectivity index (χ2v) is 6.40. The number of guanidine groups is 1. The number of oxazole rings is 1. The molecule has 6 heteroatoms. The van der Waals surface area contributed by atoms with Crippen LogP contribution >= 0.6 is 0 Å². The summed E-state index contributed by atoms with van der Waals surface area (Å²) in [7, 11) is 0. The van der Waals surface area contributed by atoms with Crippen molar-refractivity contribution in [2.45, 2.75) is 40.7 Å². The van der Waals surface area contributed by atoms with Crippen molar-refractivity contribution in [1.82, 2.24) is 20.6 Å². The molecule has 0 saturated carbocycles. The summed E-state index contributed by atoms with van der Waals surface area (Å²) in [5.74, 6) is 2.27. The first kappa shape index (κ1) is 18.0. The molecule has 0 amide bonds. The Balaban J connectivity index is 1.63. The summed E-state index contributed by atoms with van der Waals surface area (Å²) in [4.78, 5) is 12.4. The Labute approximate surface area is 154 Å². The van der Waals surface area contributed by atoms with Gasteiger partial charge in [0, 0.05) is 29.7 Å². The number of nitrogens with zero attached hydrogens (tertiary/aromatic N) is 2. The molecule has 0 aliphatic carbocycles. The van der Waals surface area contributed by atoms with Crippen molar-refractivity contribution >= 4 is 16.9 Å². The number of hydrogen-bond acceptors (Lipinski definition) is 3. The van der Waals surface area contributed by atoms with E-state index in [0.717, 1.165) is 36.9 Å². The lowest BCUT2D eigenvalue weighted by Gasteiger charge is -2.11. The smallest absolute Gasteiger partial charge is 0.216 e. The van der Waals surface area contributed by atoms with Crippen LogP contribution in [0.1, 0.15) is 35.5 Å². The van der Waals surface area contributed by atoms with Crippen molar-refractivity contribution in [3.63, 3.8) is 0 Å². The summed E-state index contributed by atoms with van der Waals surface area (Å²) < 4.78 is 5.59. The number of para-hydroxylation sites is 1. The van der Waals surface area contributed by atoms with E-state index in [0.29, 0.717) is 12.4 Å². The lowest BCUT2D eigenvalue weighted by Crippen LogP contribution is -2.38. The minimum absolute atomic E-state index is 0.427. The van der Waals surface area contributed by atoms with Gasteiger partial charge in [0.25, 0.3) is 0 Å². The molecule has 0 atom stereocenters. The van der Waals surface area contributed by atoms with Gasteiger partial charge >= 0.3 is 0 Å². The molecular weight excluding hydrogens is 326 g/mol. The van der Waals surface area contributed by atoms with Crippen LogP contribution in [0.5, 0.6) is 0 Å². The van der Waals surface area contributed by atoms with Crippen LogP contribution in [0.15, 0.2) is 33.7 Å². The second kappa shape index (κ2) is 8.08. The predicted molar refractivity (Wildman–Crippen MR) is 106 cm³/mol. The largest absolute Gasteiger partial charge is 0.444 e. The molecule has 0 bridgehead atoms. The Morgan fingerprint density at radius 1 is 1.19 bits per heavy atom. The lowest BCUT2D eigenvalue weighted by molar-refractivity contribution is 0.473. The number of aromatic nitrogens is 2. The van der Waals surface area contributed by atoms with Crippen molar-refractivity contribution in [2.24, 2.45) is 4.99 Å². The third-order valence-electron chi connectivity index (χ3n) is 4.48. The molecule has 0 aliphatic rings. The Morgan fingerprint density at radius 3 is 2.73 bits per heavy atom. The number of nitrogens with one attached hydrogen (secondary N) is 3. The van der Waals surface area contributed by atoms with E-state index in [-0.39, 0.29) is 0 Å². The molecule has 138 valence electrons. The molecule has 0 radical (unpaired) electrons. The van der Waals surface area contributed by atoms with Gasteiger partial charge in [0.05, 0.1) is 5.69 Å². The first-order chi connectivity index (χ1) is 12.6. The van der Waals surface area contributed by atoms with Crippen molar-refractivity contribution in [2.75, 3.05) is 13.1 Å². The number of benzene rings is 1. The van der Waals surface area contributed by atoms with E-state index in [9.17, 15) is 0 Å². The maximum atomic E-state index is 5.59. The van der Waals surface area contributed by atoms with Crippen LogP contribution in [0.2, 0.25) is 0 Å². The summed E-state index contributed by atoms with van der Waals surface area (Å²) in [6, 6.07) is 8.42. The van der Waals surface area contributed by atoms with E-state index < -0.39 is 0 Å². The quantitative estimate of drug-likeness (QED) is 0.469. The first-order valence-corrected chi connectivity index (χ1v) is 9.09. The van der Waals surface area contributed by atoms with Crippen molar-refractivity contribution in [3.8, 4) is 0 Å². The van der Waals surface area contributed by atoms with E-state index >= 15 is 0 Å². The highest BCUT2D eigenvalue weighted by Crippen LogP contribution is 2.21. The molecule has 2 heterocycles. The number of aromatic amines is 1. The summed E-state index contributed by atoms with van der Waals surface area (Å²) >= 11 is 0. The van der Waals surface area contributed by atoms with E-state index in [1.54, 1.807) is 0 Å². The molecular formula is C20H27N5O. The average molecular weight is 353 g/mol. The summed E-state index contributed by atoms with van der Waals surface area (Å²) in [5, 5.41) is 7.96. The molecule has 0 saturated heterocycles. The molecule has 3 N–H and O–H groups in total. The van der Waals surface area contributed by atoms with Gasteiger partial charge in [-0.15, -0.1) is 0 Å². The Bertz CT molecular complexity index is 887. The number of aryl methyl sites for hydroxylation is 3. The van der Waals surface area contributed by atoms with Crippen LogP contribution in [0.3, 0.4) is 0 Å². The maximum absolute atomic E-state index is 5.59. The monoisotopic (exact) mass is 353 g/mol. The highest BCUT2D eigenvalue weighted by Gasteiger charge is 2.08. The number of rotatable bonds is 6. The predicted octanol–water partition coefficient (Wildman–Crippen LogP) is 3.38. The first-order valence-electron chi connectivity index (χ1n) is 9.09. The Morgan fingerprint density at radius 2 is 2.00 bits per heavy atom. The fourth-order valence-corrected chi connectivity index (χ4v) is 3.06. The highest BCUT2D eigenvalue weighted by molar-refractivity contribution is 5.84. The van der Waals surface area contributed by atoms with Gasteiger partial charge in [0.15, 0.2) is 5.96 Å². The Hall–Kier alpha value is -2.76. The lowest BCUT2D eigenvalue weighted by atomic mass is 10.1. The second-order valence-electron chi connectivity index (χ2n) is 6.40. The summed E-state index contributed by atoms with van der Waals surface area (Å²) in [6.45, 7) is 10.1. The van der Waals surface area contributed by atoms with Crippen LogP contribution in [-0.4, -0.2) is 29.0 Å². The van der Waals surface area contributed by atoms with Crippen LogP contribution < -0.4 is 10.6 Å². The number of aliphatic imine (C=N–C) groups is 1. The molecule has 2 aromatic heterocycles.